The number of halogens is 5. The molecule has 20 heavy (non-hydrogen) atoms. The number of piperazine rings is 1. The molecule has 1 saturated heterocycles. The lowest BCUT2D eigenvalue weighted by Crippen LogP contribution is -2.45. The van der Waals surface area contributed by atoms with E-state index in [1.54, 1.807) is 0 Å². The quantitative estimate of drug-likeness (QED) is 0.679. The highest BCUT2D eigenvalue weighted by Crippen LogP contribution is 2.29. The van der Waals surface area contributed by atoms with E-state index in [1.807, 2.05) is 4.90 Å². The van der Waals surface area contributed by atoms with Gasteiger partial charge in [0.2, 0.25) is 0 Å². The molecule has 0 unspecified atom stereocenters. The number of rotatable bonds is 4. The third-order valence-corrected chi connectivity index (χ3v) is 3.40. The lowest BCUT2D eigenvalue weighted by Gasteiger charge is -2.35. The van der Waals surface area contributed by atoms with Gasteiger partial charge >= 0.3 is 0 Å². The molecule has 0 radical (unpaired) electrons. The van der Waals surface area contributed by atoms with Gasteiger partial charge in [-0.2, -0.15) is 0 Å². The first-order valence-corrected chi connectivity index (χ1v) is 6.29. The molecule has 0 spiro atoms. The Kier molecular flexibility index (Phi) is 6.71. The van der Waals surface area contributed by atoms with E-state index in [4.69, 9.17) is 0 Å². The van der Waals surface area contributed by atoms with E-state index in [-0.39, 0.29) is 24.4 Å². The average Bonchev–Trinajstić information content (AvgIpc) is 2.44. The fourth-order valence-electron chi connectivity index (χ4n) is 2.43. The molecule has 0 aromatic heterocycles. The van der Waals surface area contributed by atoms with Gasteiger partial charge in [0.15, 0.2) is 17.5 Å². The molecule has 7 heteroatoms. The van der Waals surface area contributed by atoms with Crippen LogP contribution in [0.1, 0.15) is 18.0 Å². The van der Waals surface area contributed by atoms with Crippen molar-refractivity contribution in [3.8, 4) is 0 Å². The van der Waals surface area contributed by atoms with E-state index < -0.39 is 30.2 Å². The second-order valence-electron chi connectivity index (χ2n) is 4.54. The highest BCUT2D eigenvalue weighted by molar-refractivity contribution is 5.85. The highest BCUT2D eigenvalue weighted by Gasteiger charge is 2.26. The van der Waals surface area contributed by atoms with Gasteiger partial charge in [0.25, 0.3) is 0 Å². The first-order valence-electron chi connectivity index (χ1n) is 6.29. The van der Waals surface area contributed by atoms with Crippen LogP contribution in [0.2, 0.25) is 0 Å². The molecule has 1 aliphatic rings. The zero-order chi connectivity index (χ0) is 13.8. The van der Waals surface area contributed by atoms with E-state index in [9.17, 15) is 17.6 Å². The predicted molar refractivity (Wildman–Crippen MR) is 71.3 cm³/mol. The van der Waals surface area contributed by atoms with Gasteiger partial charge < -0.3 is 5.32 Å². The minimum absolute atomic E-state index is 0. The Morgan fingerprint density at radius 1 is 1.10 bits per heavy atom. The molecule has 1 aliphatic heterocycles. The Hall–Kier alpha value is -0.850. The van der Waals surface area contributed by atoms with Crippen molar-refractivity contribution in [1.29, 1.82) is 0 Å². The summed E-state index contributed by atoms with van der Waals surface area (Å²) in [5.74, 6) is -3.92. The van der Waals surface area contributed by atoms with Gasteiger partial charge in [-0.15, -0.1) is 12.4 Å². The van der Waals surface area contributed by atoms with Crippen LogP contribution in [0.15, 0.2) is 12.1 Å². The Bertz CT molecular complexity index is 439. The van der Waals surface area contributed by atoms with Crippen LogP contribution in [0.4, 0.5) is 17.6 Å². The molecule has 1 fully saturated rings. The van der Waals surface area contributed by atoms with Crippen molar-refractivity contribution in [2.24, 2.45) is 0 Å². The average molecular weight is 313 g/mol. The van der Waals surface area contributed by atoms with Crippen LogP contribution in [0.5, 0.6) is 0 Å². The van der Waals surface area contributed by atoms with Crippen molar-refractivity contribution in [3.05, 3.63) is 35.1 Å². The molecule has 114 valence electrons. The van der Waals surface area contributed by atoms with E-state index in [0.29, 0.717) is 26.2 Å². The zero-order valence-corrected chi connectivity index (χ0v) is 11.7. The third-order valence-electron chi connectivity index (χ3n) is 3.40. The normalized spacial score (nSPS) is 17.6. The molecule has 0 aliphatic carbocycles. The summed E-state index contributed by atoms with van der Waals surface area (Å²) >= 11 is 0. The number of nitrogens with zero attached hydrogens (tertiary/aromatic N) is 1. The minimum atomic E-state index is -1.49. The highest BCUT2D eigenvalue weighted by atomic mass is 35.5. The lowest BCUT2D eigenvalue weighted by atomic mass is 10.0. The first-order chi connectivity index (χ1) is 9.15. The number of benzene rings is 1. The Balaban J connectivity index is 0.00000200. The summed E-state index contributed by atoms with van der Waals surface area (Å²) in [6.45, 7) is 2.06. The summed E-state index contributed by atoms with van der Waals surface area (Å²) in [5.41, 5.74) is 0.0263. The molecule has 1 aromatic rings. The molecule has 0 bridgehead atoms. The van der Waals surface area contributed by atoms with Crippen molar-refractivity contribution in [1.82, 2.24) is 10.2 Å². The van der Waals surface area contributed by atoms with Crippen LogP contribution in [0.25, 0.3) is 0 Å². The van der Waals surface area contributed by atoms with Crippen LogP contribution in [0, 0.1) is 17.5 Å². The SMILES string of the molecule is Cl.FCC[C@H](c1ccc(F)c(F)c1F)N1CCNCC1. The smallest absolute Gasteiger partial charge is 0.194 e. The summed E-state index contributed by atoms with van der Waals surface area (Å²) in [4.78, 5) is 1.89. The lowest BCUT2D eigenvalue weighted by molar-refractivity contribution is 0.153. The molecule has 0 amide bonds. The summed E-state index contributed by atoms with van der Waals surface area (Å²) in [7, 11) is 0. The zero-order valence-electron chi connectivity index (χ0n) is 10.8. The van der Waals surface area contributed by atoms with Gasteiger partial charge in [-0.3, -0.25) is 9.29 Å². The molecule has 1 atom stereocenters. The van der Waals surface area contributed by atoms with Crippen molar-refractivity contribution >= 4 is 12.4 Å². The summed E-state index contributed by atoms with van der Waals surface area (Å²) in [6, 6.07) is 1.54. The molecular weight excluding hydrogens is 296 g/mol. The van der Waals surface area contributed by atoms with Crippen LogP contribution in [-0.4, -0.2) is 37.8 Å². The Labute approximate surface area is 121 Å². The summed E-state index contributed by atoms with van der Waals surface area (Å²) < 4.78 is 52.7. The van der Waals surface area contributed by atoms with E-state index in [2.05, 4.69) is 5.32 Å². The van der Waals surface area contributed by atoms with Crippen LogP contribution < -0.4 is 5.32 Å². The maximum Gasteiger partial charge on any atom is 0.194 e. The van der Waals surface area contributed by atoms with Crippen molar-refractivity contribution < 1.29 is 17.6 Å². The fraction of sp³-hybridized carbons (Fsp3) is 0.538. The molecule has 0 saturated carbocycles. The molecule has 1 heterocycles. The van der Waals surface area contributed by atoms with Crippen molar-refractivity contribution in [2.45, 2.75) is 12.5 Å². The molecule has 1 aromatic carbocycles. The minimum Gasteiger partial charge on any atom is -0.314 e. The maximum absolute atomic E-state index is 13.8. The molecule has 2 nitrogen and oxygen atoms in total. The van der Waals surface area contributed by atoms with E-state index >= 15 is 0 Å². The first kappa shape index (κ1) is 17.2. The van der Waals surface area contributed by atoms with Crippen LogP contribution >= 0.6 is 12.4 Å². The van der Waals surface area contributed by atoms with Crippen LogP contribution in [-0.2, 0) is 0 Å². The third kappa shape index (κ3) is 3.62. The van der Waals surface area contributed by atoms with Gasteiger partial charge in [-0.1, -0.05) is 6.07 Å². The van der Waals surface area contributed by atoms with Gasteiger partial charge in [0.05, 0.1) is 6.67 Å². The summed E-state index contributed by atoms with van der Waals surface area (Å²) in [6.07, 6.45) is 0.0714. The predicted octanol–water partition coefficient (Wildman–Crippen LogP) is 2.83. The molecular formula is C13H17ClF4N2. The van der Waals surface area contributed by atoms with E-state index in [1.165, 1.54) is 6.07 Å². The van der Waals surface area contributed by atoms with Crippen molar-refractivity contribution in [3.63, 3.8) is 0 Å². The number of nitrogens with one attached hydrogen (secondary N) is 1. The van der Waals surface area contributed by atoms with Gasteiger partial charge in [-0.25, -0.2) is 13.2 Å². The van der Waals surface area contributed by atoms with Gasteiger partial charge in [-0.05, 0) is 12.5 Å². The topological polar surface area (TPSA) is 15.3 Å². The fourth-order valence-corrected chi connectivity index (χ4v) is 2.43. The molecule has 1 N–H and O–H groups in total. The van der Waals surface area contributed by atoms with Gasteiger partial charge in [0.1, 0.15) is 0 Å². The van der Waals surface area contributed by atoms with E-state index in [0.717, 1.165) is 6.07 Å². The second-order valence-corrected chi connectivity index (χ2v) is 4.54. The summed E-state index contributed by atoms with van der Waals surface area (Å²) in [5, 5.41) is 3.14. The number of hydrogen-bond donors (Lipinski definition) is 1. The Morgan fingerprint density at radius 2 is 1.75 bits per heavy atom. The maximum atomic E-state index is 13.8. The van der Waals surface area contributed by atoms with Gasteiger partial charge in [0, 0.05) is 37.8 Å². The van der Waals surface area contributed by atoms with Crippen LogP contribution in [0.3, 0.4) is 0 Å². The standard InChI is InChI=1S/C13H16F4N2.ClH/c14-4-3-11(19-7-5-18-6-8-19)9-1-2-10(15)13(17)12(9)16;/h1-2,11,18H,3-8H2;1H/t11-;/m1./s1. The Morgan fingerprint density at radius 3 is 2.35 bits per heavy atom. The molecule has 2 rings (SSSR count). The number of alkyl halides is 1. The monoisotopic (exact) mass is 312 g/mol. The number of hydrogen-bond acceptors (Lipinski definition) is 2. The largest absolute Gasteiger partial charge is 0.314 e. The second kappa shape index (κ2) is 7.81. The van der Waals surface area contributed by atoms with Crippen molar-refractivity contribution in [2.75, 3.05) is 32.9 Å².